The molecule has 0 unspecified atom stereocenters. The fraction of sp³-hybridized carbons (Fsp3) is 0.0714. The van der Waals surface area contributed by atoms with Crippen molar-refractivity contribution in [2.45, 2.75) is 11.4 Å². The standard InChI is InChI=1S/C14H11ClN2O3S/c15-12-6-5-10(16)7-9(12)8-17-14(18)11-3-1-2-4-13(11)21(17,19)20/h1-7H,8,16H2. The van der Waals surface area contributed by atoms with Crippen molar-refractivity contribution in [2.24, 2.45) is 0 Å². The van der Waals surface area contributed by atoms with Crippen molar-refractivity contribution >= 4 is 33.2 Å². The summed E-state index contributed by atoms with van der Waals surface area (Å²) in [6.07, 6.45) is 0. The van der Waals surface area contributed by atoms with E-state index in [1.54, 1.807) is 30.3 Å². The Morgan fingerprint density at radius 2 is 1.86 bits per heavy atom. The molecule has 21 heavy (non-hydrogen) atoms. The van der Waals surface area contributed by atoms with Gasteiger partial charge in [-0.3, -0.25) is 4.79 Å². The summed E-state index contributed by atoms with van der Waals surface area (Å²) in [7, 11) is -3.84. The van der Waals surface area contributed by atoms with Gasteiger partial charge in [-0.2, -0.15) is 0 Å². The van der Waals surface area contributed by atoms with Crippen molar-refractivity contribution in [2.75, 3.05) is 5.73 Å². The fourth-order valence-electron chi connectivity index (χ4n) is 2.26. The van der Waals surface area contributed by atoms with Crippen molar-refractivity contribution in [3.8, 4) is 0 Å². The summed E-state index contributed by atoms with van der Waals surface area (Å²) in [6, 6.07) is 10.9. The van der Waals surface area contributed by atoms with E-state index in [1.807, 2.05) is 0 Å². The molecule has 1 amide bonds. The van der Waals surface area contributed by atoms with Crippen LogP contribution in [-0.2, 0) is 16.6 Å². The third kappa shape index (κ3) is 2.16. The van der Waals surface area contributed by atoms with Gasteiger partial charge >= 0.3 is 0 Å². The van der Waals surface area contributed by atoms with Gasteiger partial charge in [0.1, 0.15) is 4.90 Å². The average molecular weight is 323 g/mol. The zero-order valence-electron chi connectivity index (χ0n) is 10.8. The van der Waals surface area contributed by atoms with Crippen molar-refractivity contribution in [1.29, 1.82) is 0 Å². The topological polar surface area (TPSA) is 80.5 Å². The monoisotopic (exact) mass is 322 g/mol. The number of fused-ring (bicyclic) bond motifs is 1. The third-order valence-corrected chi connectivity index (χ3v) is 5.45. The Labute approximate surface area is 127 Å². The smallest absolute Gasteiger partial charge is 0.269 e. The van der Waals surface area contributed by atoms with Crippen LogP contribution in [-0.4, -0.2) is 18.6 Å². The molecular weight excluding hydrogens is 312 g/mol. The minimum Gasteiger partial charge on any atom is -0.399 e. The van der Waals surface area contributed by atoms with Crippen LogP contribution in [0.15, 0.2) is 47.4 Å². The van der Waals surface area contributed by atoms with Crippen molar-refractivity contribution in [3.05, 3.63) is 58.6 Å². The van der Waals surface area contributed by atoms with Gasteiger partial charge in [0.25, 0.3) is 15.9 Å². The molecule has 2 aromatic rings. The molecule has 0 radical (unpaired) electrons. The highest BCUT2D eigenvalue weighted by Crippen LogP contribution is 2.32. The first kappa shape index (κ1) is 13.9. The molecule has 0 bridgehead atoms. The summed E-state index contributed by atoms with van der Waals surface area (Å²) in [5, 5.41) is 0.364. The maximum Gasteiger partial charge on any atom is 0.269 e. The van der Waals surface area contributed by atoms with E-state index in [0.29, 0.717) is 16.3 Å². The highest BCUT2D eigenvalue weighted by atomic mass is 35.5. The molecule has 0 saturated heterocycles. The van der Waals surface area contributed by atoms with Gasteiger partial charge in [-0.25, -0.2) is 12.7 Å². The first-order valence-corrected chi connectivity index (χ1v) is 7.93. The first-order valence-electron chi connectivity index (χ1n) is 6.11. The van der Waals surface area contributed by atoms with Gasteiger partial charge in [-0.05, 0) is 35.9 Å². The fourth-order valence-corrected chi connectivity index (χ4v) is 3.98. The molecule has 108 valence electrons. The summed E-state index contributed by atoms with van der Waals surface area (Å²) in [5.41, 5.74) is 6.80. The van der Waals surface area contributed by atoms with Gasteiger partial charge in [-0.1, -0.05) is 23.7 Å². The lowest BCUT2D eigenvalue weighted by Gasteiger charge is -2.16. The van der Waals surface area contributed by atoms with Crippen LogP contribution in [0.3, 0.4) is 0 Å². The lowest BCUT2D eigenvalue weighted by atomic mass is 10.2. The van der Waals surface area contributed by atoms with Crippen molar-refractivity contribution in [1.82, 2.24) is 4.31 Å². The van der Waals surface area contributed by atoms with E-state index in [4.69, 9.17) is 17.3 Å². The second-order valence-corrected chi connectivity index (χ2v) is 6.90. The third-order valence-electron chi connectivity index (χ3n) is 3.30. The van der Waals surface area contributed by atoms with E-state index < -0.39 is 15.9 Å². The van der Waals surface area contributed by atoms with Crippen LogP contribution in [0.2, 0.25) is 5.02 Å². The number of anilines is 1. The zero-order valence-corrected chi connectivity index (χ0v) is 12.4. The molecule has 0 aromatic heterocycles. The predicted molar refractivity (Wildman–Crippen MR) is 79.4 cm³/mol. The summed E-state index contributed by atoms with van der Waals surface area (Å²) in [4.78, 5) is 12.3. The van der Waals surface area contributed by atoms with Crippen LogP contribution in [0.1, 0.15) is 15.9 Å². The number of nitrogens with zero attached hydrogens (tertiary/aromatic N) is 1. The highest BCUT2D eigenvalue weighted by Gasteiger charge is 2.40. The SMILES string of the molecule is Nc1ccc(Cl)c(CN2C(=O)c3ccccc3S2(=O)=O)c1. The first-order chi connectivity index (χ1) is 9.91. The number of hydrogen-bond acceptors (Lipinski definition) is 4. The van der Waals surface area contributed by atoms with Crippen LogP contribution in [0, 0.1) is 0 Å². The summed E-state index contributed by atoms with van der Waals surface area (Å²) >= 11 is 6.04. The highest BCUT2D eigenvalue weighted by molar-refractivity contribution is 7.90. The molecule has 0 aliphatic carbocycles. The van der Waals surface area contributed by atoms with Crippen LogP contribution >= 0.6 is 11.6 Å². The van der Waals surface area contributed by atoms with E-state index in [2.05, 4.69) is 0 Å². The summed E-state index contributed by atoms with van der Waals surface area (Å²) in [6.45, 7) is -0.139. The molecule has 3 rings (SSSR count). The lowest BCUT2D eigenvalue weighted by Crippen LogP contribution is -2.29. The molecule has 0 fully saturated rings. The van der Waals surface area contributed by atoms with E-state index in [-0.39, 0.29) is 17.0 Å². The molecule has 7 heteroatoms. The van der Waals surface area contributed by atoms with E-state index in [9.17, 15) is 13.2 Å². The number of carbonyl (C=O) groups excluding carboxylic acids is 1. The van der Waals surface area contributed by atoms with Gasteiger partial charge in [-0.15, -0.1) is 0 Å². The lowest BCUT2D eigenvalue weighted by molar-refractivity contribution is 0.0865. The maximum absolute atomic E-state index is 12.4. The minimum atomic E-state index is -3.84. The van der Waals surface area contributed by atoms with Gasteiger partial charge in [0, 0.05) is 10.7 Å². The number of halogens is 1. The van der Waals surface area contributed by atoms with Crippen LogP contribution in [0.4, 0.5) is 5.69 Å². The van der Waals surface area contributed by atoms with Gasteiger partial charge in [0.15, 0.2) is 0 Å². The molecule has 0 spiro atoms. The number of rotatable bonds is 2. The van der Waals surface area contributed by atoms with Crippen molar-refractivity contribution in [3.63, 3.8) is 0 Å². The molecule has 1 heterocycles. The van der Waals surface area contributed by atoms with Gasteiger partial charge < -0.3 is 5.73 Å². The zero-order chi connectivity index (χ0) is 15.2. The van der Waals surface area contributed by atoms with Gasteiger partial charge in [0.05, 0.1) is 12.1 Å². The second-order valence-electron chi connectivity index (χ2n) is 4.66. The number of nitrogen functional groups attached to an aromatic ring is 1. The minimum absolute atomic E-state index is 0.0232. The summed E-state index contributed by atoms with van der Waals surface area (Å²) < 4.78 is 25.7. The molecule has 2 aromatic carbocycles. The Morgan fingerprint density at radius 1 is 1.14 bits per heavy atom. The number of sulfonamides is 1. The Hall–Kier alpha value is -2.05. The Bertz CT molecular complexity index is 849. The number of benzene rings is 2. The van der Waals surface area contributed by atoms with E-state index >= 15 is 0 Å². The molecular formula is C14H11ClN2O3S. The molecule has 2 N–H and O–H groups in total. The largest absolute Gasteiger partial charge is 0.399 e. The number of carbonyl (C=O) groups is 1. The Morgan fingerprint density at radius 3 is 2.57 bits per heavy atom. The van der Waals surface area contributed by atoms with Crippen LogP contribution in [0.5, 0.6) is 0 Å². The predicted octanol–water partition coefficient (Wildman–Crippen LogP) is 2.27. The molecule has 0 saturated carbocycles. The number of hydrogen-bond donors (Lipinski definition) is 1. The molecule has 5 nitrogen and oxygen atoms in total. The normalized spacial score (nSPS) is 16.0. The van der Waals surface area contributed by atoms with E-state index in [1.165, 1.54) is 12.1 Å². The van der Waals surface area contributed by atoms with E-state index in [0.717, 1.165) is 4.31 Å². The number of nitrogens with two attached hydrogens (primary N) is 1. The molecule has 1 aliphatic heterocycles. The molecule has 1 aliphatic rings. The Kier molecular flexibility index (Phi) is 3.15. The van der Waals surface area contributed by atoms with Crippen LogP contribution < -0.4 is 5.73 Å². The molecule has 0 atom stereocenters. The maximum atomic E-state index is 12.4. The Balaban J connectivity index is 2.05. The number of amides is 1. The summed E-state index contributed by atoms with van der Waals surface area (Å²) in [5.74, 6) is -0.552. The second kappa shape index (κ2) is 4.75. The average Bonchev–Trinajstić information content (AvgIpc) is 2.64. The quantitative estimate of drug-likeness (QED) is 0.860. The van der Waals surface area contributed by atoms with Crippen LogP contribution in [0.25, 0.3) is 0 Å². The van der Waals surface area contributed by atoms with Gasteiger partial charge in [0.2, 0.25) is 0 Å². The van der Waals surface area contributed by atoms with Crippen molar-refractivity contribution < 1.29 is 13.2 Å².